The van der Waals surface area contributed by atoms with Crippen LogP contribution in [0.3, 0.4) is 0 Å². The molecule has 5 rings (SSSR count). The highest BCUT2D eigenvalue weighted by molar-refractivity contribution is 5.98. The number of aromatic amines is 1. The van der Waals surface area contributed by atoms with E-state index in [1.54, 1.807) is 36.5 Å². The van der Waals surface area contributed by atoms with Crippen molar-refractivity contribution in [3.8, 4) is 0 Å². The third kappa shape index (κ3) is 6.85. The van der Waals surface area contributed by atoms with Crippen LogP contribution >= 0.6 is 0 Å². The number of amides is 4. The lowest BCUT2D eigenvalue weighted by Crippen LogP contribution is -2.57. The van der Waals surface area contributed by atoms with Crippen molar-refractivity contribution in [2.45, 2.75) is 31.2 Å². The zero-order valence-corrected chi connectivity index (χ0v) is 22.8. The molecule has 2 unspecified atom stereocenters. The summed E-state index contributed by atoms with van der Waals surface area (Å²) in [5, 5.41) is 8.58. The fraction of sp³-hybridized carbons (Fsp3) is 0.226. The molecular formula is C31H28F3N5O4. The Morgan fingerprint density at radius 2 is 1.63 bits per heavy atom. The molecule has 1 aliphatic rings. The number of H-pyrrole nitrogens is 1. The Hall–Kier alpha value is -5.13. The molecule has 2 atom stereocenters. The van der Waals surface area contributed by atoms with E-state index in [-0.39, 0.29) is 18.5 Å². The van der Waals surface area contributed by atoms with E-state index in [9.17, 15) is 32.3 Å². The molecule has 1 aliphatic heterocycles. The molecule has 0 aliphatic carbocycles. The van der Waals surface area contributed by atoms with Crippen molar-refractivity contribution in [1.29, 1.82) is 0 Å². The van der Waals surface area contributed by atoms with Gasteiger partial charge in [0.15, 0.2) is 0 Å². The Balaban J connectivity index is 1.33. The maximum atomic E-state index is 13.5. The first kappa shape index (κ1) is 29.4. The highest BCUT2D eigenvalue weighted by Crippen LogP contribution is 2.31. The topological polar surface area (TPSA) is 123 Å². The summed E-state index contributed by atoms with van der Waals surface area (Å²) in [6.45, 7) is -1.26. The second-order valence-electron chi connectivity index (χ2n) is 10.2. The van der Waals surface area contributed by atoms with Gasteiger partial charge in [0.2, 0.25) is 17.7 Å². The Kier molecular flexibility index (Phi) is 8.46. The van der Waals surface area contributed by atoms with E-state index in [1.807, 2.05) is 24.3 Å². The summed E-state index contributed by atoms with van der Waals surface area (Å²) >= 11 is 0. The van der Waals surface area contributed by atoms with Crippen molar-refractivity contribution in [3.63, 3.8) is 0 Å². The summed E-state index contributed by atoms with van der Waals surface area (Å²) in [4.78, 5) is 56.3. The van der Waals surface area contributed by atoms with E-state index >= 15 is 0 Å². The minimum atomic E-state index is -4.61. The van der Waals surface area contributed by atoms with Gasteiger partial charge in [-0.15, -0.1) is 0 Å². The van der Waals surface area contributed by atoms with Gasteiger partial charge in [-0.2, -0.15) is 13.2 Å². The lowest BCUT2D eigenvalue weighted by Gasteiger charge is -2.32. The molecule has 12 heteroatoms. The highest BCUT2D eigenvalue weighted by atomic mass is 19.4. The van der Waals surface area contributed by atoms with Gasteiger partial charge in [-0.1, -0.05) is 66.7 Å². The van der Waals surface area contributed by atoms with Crippen molar-refractivity contribution < 1.29 is 32.3 Å². The van der Waals surface area contributed by atoms with Gasteiger partial charge in [0.05, 0.1) is 5.56 Å². The van der Waals surface area contributed by atoms with Crippen molar-refractivity contribution in [3.05, 3.63) is 107 Å². The Morgan fingerprint density at radius 1 is 0.930 bits per heavy atom. The molecule has 1 aromatic heterocycles. The number of nitrogens with one attached hydrogen (secondary N) is 4. The van der Waals surface area contributed by atoms with E-state index in [0.29, 0.717) is 11.1 Å². The van der Waals surface area contributed by atoms with Gasteiger partial charge >= 0.3 is 6.18 Å². The summed E-state index contributed by atoms with van der Waals surface area (Å²) in [6.07, 6.45) is -2.90. The molecular weight excluding hydrogens is 563 g/mol. The molecule has 4 N–H and O–H groups in total. The molecule has 1 saturated heterocycles. The number of carbonyl (C=O) groups is 4. The number of hydrogen-bond acceptors (Lipinski definition) is 4. The molecule has 1 fully saturated rings. The fourth-order valence-electron chi connectivity index (χ4n) is 5.11. The van der Waals surface area contributed by atoms with E-state index < -0.39 is 60.5 Å². The molecule has 0 bridgehead atoms. The first-order valence-electron chi connectivity index (χ1n) is 13.5. The van der Waals surface area contributed by atoms with Crippen LogP contribution in [0.1, 0.15) is 28.3 Å². The normalized spacial score (nSPS) is 16.1. The third-order valence-electron chi connectivity index (χ3n) is 7.19. The molecule has 43 heavy (non-hydrogen) atoms. The number of carbonyl (C=O) groups excluding carboxylic acids is 4. The molecule has 0 saturated carbocycles. The quantitative estimate of drug-likeness (QED) is 0.239. The number of nitrogens with zero attached hydrogens (tertiary/aromatic N) is 1. The second kappa shape index (κ2) is 12.4. The van der Waals surface area contributed by atoms with Gasteiger partial charge < -0.3 is 25.8 Å². The van der Waals surface area contributed by atoms with Gasteiger partial charge in [0.1, 0.15) is 25.2 Å². The number of fused-ring (bicyclic) bond motifs is 1. The van der Waals surface area contributed by atoms with E-state index in [2.05, 4.69) is 20.9 Å². The predicted octanol–water partition coefficient (Wildman–Crippen LogP) is 3.23. The molecule has 222 valence electrons. The Labute approximate surface area is 244 Å². The summed E-state index contributed by atoms with van der Waals surface area (Å²) in [6, 6.07) is 18.7. The van der Waals surface area contributed by atoms with Crippen LogP contribution in [-0.2, 0) is 38.3 Å². The van der Waals surface area contributed by atoms with Crippen LogP contribution in [0, 0.1) is 0 Å². The van der Waals surface area contributed by atoms with Gasteiger partial charge in [0.25, 0.3) is 5.91 Å². The fourth-order valence-corrected chi connectivity index (χ4v) is 5.11. The maximum absolute atomic E-state index is 13.5. The first-order valence-corrected chi connectivity index (χ1v) is 13.5. The average Bonchev–Trinajstić information content (AvgIpc) is 3.40. The van der Waals surface area contributed by atoms with Crippen LogP contribution in [0.5, 0.6) is 0 Å². The number of benzene rings is 3. The Morgan fingerprint density at radius 3 is 2.40 bits per heavy atom. The summed E-state index contributed by atoms with van der Waals surface area (Å²) in [7, 11) is 0. The minimum Gasteiger partial charge on any atom is -0.361 e. The number of halogens is 3. The second-order valence-corrected chi connectivity index (χ2v) is 10.2. The lowest BCUT2D eigenvalue weighted by atomic mass is 10.0. The molecule has 9 nitrogen and oxygen atoms in total. The maximum Gasteiger partial charge on any atom is 0.416 e. The molecule has 4 aromatic rings. The smallest absolute Gasteiger partial charge is 0.361 e. The van der Waals surface area contributed by atoms with Gasteiger partial charge in [0, 0.05) is 30.1 Å². The molecule has 0 spiro atoms. The predicted molar refractivity (Wildman–Crippen MR) is 151 cm³/mol. The highest BCUT2D eigenvalue weighted by Gasteiger charge is 2.36. The van der Waals surface area contributed by atoms with E-state index in [0.717, 1.165) is 21.9 Å². The monoisotopic (exact) mass is 591 g/mol. The molecule has 4 amide bonds. The number of alkyl halides is 3. The lowest BCUT2D eigenvalue weighted by molar-refractivity contribution is -0.146. The zero-order chi connectivity index (χ0) is 30.6. The van der Waals surface area contributed by atoms with E-state index in [1.165, 1.54) is 18.2 Å². The molecule has 3 aromatic carbocycles. The third-order valence-corrected chi connectivity index (χ3v) is 7.19. The van der Waals surface area contributed by atoms with Gasteiger partial charge in [-0.05, 0) is 28.8 Å². The van der Waals surface area contributed by atoms with E-state index in [4.69, 9.17) is 0 Å². The summed E-state index contributed by atoms with van der Waals surface area (Å²) in [5.41, 5.74) is 1.06. The minimum absolute atomic E-state index is 0.0174. The Bertz CT molecular complexity index is 1650. The largest absolute Gasteiger partial charge is 0.416 e. The summed E-state index contributed by atoms with van der Waals surface area (Å²) < 4.78 is 40.5. The number of hydrogen-bond donors (Lipinski definition) is 4. The average molecular weight is 592 g/mol. The van der Waals surface area contributed by atoms with Crippen molar-refractivity contribution in [1.82, 2.24) is 25.8 Å². The van der Waals surface area contributed by atoms with Crippen molar-refractivity contribution >= 4 is 34.5 Å². The molecule has 0 radical (unpaired) electrons. The van der Waals surface area contributed by atoms with Crippen LogP contribution in [0.25, 0.3) is 10.9 Å². The number of aromatic nitrogens is 1. The van der Waals surface area contributed by atoms with Crippen LogP contribution in [0.15, 0.2) is 85.1 Å². The van der Waals surface area contributed by atoms with Gasteiger partial charge in [-0.3, -0.25) is 19.2 Å². The SMILES string of the molecule is O=C(CN1CC(=O)NC(c2ccccc2)C1=O)NC(Cc1c[nH]c2ccccc12)C(=O)NCc1ccccc1C(F)(F)F. The first-order chi connectivity index (χ1) is 20.6. The number of rotatable bonds is 9. The van der Waals surface area contributed by atoms with Crippen LogP contribution in [-0.4, -0.2) is 52.6 Å². The molecule has 2 heterocycles. The van der Waals surface area contributed by atoms with Crippen LogP contribution in [0.4, 0.5) is 13.2 Å². The van der Waals surface area contributed by atoms with Crippen LogP contribution < -0.4 is 16.0 Å². The standard InChI is InChI=1S/C31H28F3N5O4/c32-31(33,34)23-12-6-4-10-20(23)15-36-29(42)25(14-21-16-35-24-13-7-5-11-22(21)24)37-26(40)17-39-18-27(41)38-28(30(39)43)19-8-2-1-3-9-19/h1-13,16,25,28,35H,14-15,17-18H2,(H,36,42)(H,37,40)(H,38,41). The zero-order valence-electron chi connectivity index (χ0n) is 22.8. The summed E-state index contributed by atoms with van der Waals surface area (Å²) in [5.74, 6) is -2.34. The van der Waals surface area contributed by atoms with Crippen molar-refractivity contribution in [2.24, 2.45) is 0 Å². The number of piperazine rings is 1. The van der Waals surface area contributed by atoms with Crippen molar-refractivity contribution in [2.75, 3.05) is 13.1 Å². The van der Waals surface area contributed by atoms with Crippen LogP contribution in [0.2, 0.25) is 0 Å². The van der Waals surface area contributed by atoms with Gasteiger partial charge in [-0.25, -0.2) is 0 Å². The number of para-hydroxylation sites is 1.